The van der Waals surface area contributed by atoms with Crippen molar-refractivity contribution in [2.24, 2.45) is 0 Å². The molecular weight excluding hydrogens is 776 g/mol. The van der Waals surface area contributed by atoms with Crippen LogP contribution in [0.25, 0.3) is 99.1 Å². The number of para-hydroxylation sites is 7. The van der Waals surface area contributed by atoms with Crippen molar-refractivity contribution in [3.05, 3.63) is 175 Å². The second-order valence-corrected chi connectivity index (χ2v) is 16.6. The Morgan fingerprint density at radius 2 is 1.06 bits per heavy atom. The molecule has 0 amide bonds. The van der Waals surface area contributed by atoms with Gasteiger partial charge in [-0.05, 0) is 68.9 Å². The number of fused-ring (bicyclic) bond motifs is 23. The first-order valence-electron chi connectivity index (χ1n) is 34.5. The van der Waals surface area contributed by atoms with Gasteiger partial charge in [0.1, 0.15) is 5.82 Å². The SMILES string of the molecule is [2H]C1=C([2H])C([2H])C2C(=C1[2H])c1c([2H])c([2H])c([2H])c3c1N2c1c2c(cc4c5c6c(nc14)-n1c4c([2H])c([2H])c([2H])c([2H])c4c4c([2H])c([2H])c([2H])c(c41)B6c1c([2H])c([2H])c([2H])c4c6c([2H])c([2H])c([2H])c([2H])c6n-5c14)-n1c4c([2H])c([2H])c([2H])c([2H])c4c4c([2H])c([2H])c([2H])c(c41)B32. The summed E-state index contributed by atoms with van der Waals surface area (Å²) in [6.45, 7) is -3.27. The van der Waals surface area contributed by atoms with E-state index in [9.17, 15) is 30.2 Å². The molecule has 0 radical (unpaired) electrons. The summed E-state index contributed by atoms with van der Waals surface area (Å²) in [5, 5.41) is -1.77. The molecule has 5 nitrogen and oxygen atoms in total. The summed E-state index contributed by atoms with van der Waals surface area (Å²) in [7, 11) is 0. The highest BCUT2D eigenvalue weighted by molar-refractivity contribution is 7.01. The Kier molecular flexibility index (Phi) is 2.70. The Hall–Kier alpha value is -8.02. The van der Waals surface area contributed by atoms with Crippen LogP contribution in [-0.4, -0.2) is 38.2 Å². The maximum atomic E-state index is 9.99. The van der Waals surface area contributed by atoms with E-state index in [1.54, 1.807) is 0 Å². The lowest BCUT2D eigenvalue weighted by atomic mass is 9.33. The van der Waals surface area contributed by atoms with Gasteiger partial charge < -0.3 is 14.0 Å². The molecule has 0 bridgehead atoms. The molecule has 12 aromatic rings. The van der Waals surface area contributed by atoms with Crippen LogP contribution >= 0.6 is 0 Å². The van der Waals surface area contributed by atoms with E-state index in [0.717, 1.165) is 0 Å². The molecule has 0 saturated heterocycles. The van der Waals surface area contributed by atoms with E-state index in [1.165, 1.54) is 24.7 Å². The van der Waals surface area contributed by atoms with Crippen LogP contribution in [0.2, 0.25) is 0 Å². The van der Waals surface area contributed by atoms with E-state index >= 15 is 0 Å². The molecule has 64 heavy (non-hydrogen) atoms. The summed E-state index contributed by atoms with van der Waals surface area (Å²) in [5.41, 5.74) is -3.55. The predicted octanol–water partition coefficient (Wildman–Crippen LogP) is 8.68. The molecule has 0 spiro atoms. The average molecular weight is 836 g/mol. The molecular formula is C57H31B2N5. The molecule has 4 aromatic heterocycles. The smallest absolute Gasteiger partial charge is 0.254 e. The van der Waals surface area contributed by atoms with Crippen LogP contribution in [0, 0.1) is 0 Å². The number of anilines is 2. The van der Waals surface area contributed by atoms with Crippen LogP contribution in [0.4, 0.5) is 11.4 Å². The number of benzene rings is 8. The van der Waals surface area contributed by atoms with Crippen LogP contribution in [0.1, 0.15) is 50.3 Å². The monoisotopic (exact) mass is 835 g/mol. The second-order valence-electron chi connectivity index (χ2n) is 16.6. The molecule has 5 aliphatic heterocycles. The van der Waals surface area contributed by atoms with Crippen LogP contribution in [0.15, 0.2) is 169 Å². The Labute approximate surface area is 405 Å². The van der Waals surface area contributed by atoms with E-state index in [2.05, 4.69) is 0 Å². The minimum atomic E-state index is -1.85. The fourth-order valence-corrected chi connectivity index (χ4v) is 12.0. The summed E-state index contributed by atoms with van der Waals surface area (Å²) in [6, 6.07) is -18.9. The van der Waals surface area contributed by atoms with Crippen molar-refractivity contribution in [2.45, 2.75) is 12.4 Å². The normalized spacial score (nSPS) is 24.2. The Bertz CT molecular complexity index is 6040. The average Bonchev–Trinajstić information content (AvgIpc) is 1.39. The number of rotatable bonds is 0. The fourth-order valence-electron chi connectivity index (χ4n) is 12.0. The highest BCUT2D eigenvalue weighted by Gasteiger charge is 2.50. The van der Waals surface area contributed by atoms with Crippen molar-refractivity contribution < 1.29 is 38.4 Å². The van der Waals surface area contributed by atoms with Gasteiger partial charge in [-0.2, -0.15) is 0 Å². The lowest BCUT2D eigenvalue weighted by Crippen LogP contribution is -2.61. The Morgan fingerprint density at radius 1 is 0.516 bits per heavy atom. The molecule has 7 heteroatoms. The minimum absolute atomic E-state index is 0.0305. The van der Waals surface area contributed by atoms with Crippen LogP contribution < -0.4 is 37.7 Å². The number of nitrogens with zero attached hydrogens (tertiary/aromatic N) is 5. The molecule has 1 aliphatic carbocycles. The quantitative estimate of drug-likeness (QED) is 0.143. The fraction of sp³-hybridized carbons (Fsp3) is 0.0351. The van der Waals surface area contributed by atoms with Crippen molar-refractivity contribution in [3.63, 3.8) is 0 Å². The van der Waals surface area contributed by atoms with Gasteiger partial charge in [0.05, 0.1) is 82.0 Å². The third kappa shape index (κ3) is 3.25. The van der Waals surface area contributed by atoms with Crippen molar-refractivity contribution in [2.75, 3.05) is 4.90 Å². The van der Waals surface area contributed by atoms with Crippen LogP contribution in [-0.2, 0) is 0 Å². The first kappa shape index (κ1) is 16.6. The van der Waals surface area contributed by atoms with Crippen molar-refractivity contribution in [1.82, 2.24) is 18.7 Å². The van der Waals surface area contributed by atoms with E-state index < -0.39 is 189 Å². The number of allylic oxidation sites excluding steroid dienone is 2. The maximum Gasteiger partial charge on any atom is 0.254 e. The standard InChI is InChI=1S/C57H31B2N5/c1-5-25-43-30(13-1)34-17-9-21-39-51(34)61(43)47-29-38-50(56-48(47)58(39)40-22-10-19-36-32-15-3-7-27-45(32)63(56)53(36)40)60-57-49-55(38)62-44-26-6-2-14-31(44)35-18-11-23-41(52(35)62)59(49)42-24-12-20-37-33-16-4-8-28-46(33)64(57)54(37)42/h1-26,28-29,45H,27H2/i1D,2D,3D,4D,5D,6D,7D,8D,9D,10D,11D,12D,13D,14D,15D,16D,17D,18D,19D,20D,21D,22D,23D,24D,25D,26D,27D,28D. The summed E-state index contributed by atoms with van der Waals surface area (Å²) in [4.78, 5) is 7.01. The van der Waals surface area contributed by atoms with Gasteiger partial charge in [0.15, 0.2) is 0 Å². The molecule has 2 unspecified atom stereocenters. The van der Waals surface area contributed by atoms with Crippen LogP contribution in [0.5, 0.6) is 0 Å². The molecule has 18 rings (SSSR count). The summed E-state index contributed by atoms with van der Waals surface area (Å²) >= 11 is 0. The zero-order chi connectivity index (χ0) is 65.2. The van der Waals surface area contributed by atoms with Crippen molar-refractivity contribution >= 4 is 139 Å². The summed E-state index contributed by atoms with van der Waals surface area (Å²) in [5.74, 6) is -0.305. The van der Waals surface area contributed by atoms with E-state index in [0.29, 0.717) is 0 Å². The maximum absolute atomic E-state index is 9.99. The lowest BCUT2D eigenvalue weighted by Gasteiger charge is -2.42. The molecule has 290 valence electrons. The second kappa shape index (κ2) is 10.4. The predicted molar refractivity (Wildman–Crippen MR) is 268 cm³/mol. The minimum Gasteiger partial charge on any atom is -0.332 e. The zero-order valence-electron chi connectivity index (χ0n) is 60.1. The lowest BCUT2D eigenvalue weighted by molar-refractivity contribution is 0.832. The van der Waals surface area contributed by atoms with Gasteiger partial charge >= 0.3 is 0 Å². The van der Waals surface area contributed by atoms with Gasteiger partial charge in [-0.15, -0.1) is 0 Å². The number of hydrogen-bond acceptors (Lipinski definition) is 2. The Balaban J connectivity index is 1.20. The molecule has 0 N–H and O–H groups in total. The van der Waals surface area contributed by atoms with Crippen molar-refractivity contribution in [1.29, 1.82) is 0 Å². The zero-order valence-corrected chi connectivity index (χ0v) is 32.1. The van der Waals surface area contributed by atoms with Gasteiger partial charge in [-0.1, -0.05) is 145 Å². The topological polar surface area (TPSA) is 30.9 Å². The molecule has 2 atom stereocenters. The number of aromatic nitrogens is 4. The Morgan fingerprint density at radius 3 is 1.75 bits per heavy atom. The van der Waals surface area contributed by atoms with E-state index in [-0.39, 0.29) is 149 Å². The van der Waals surface area contributed by atoms with Gasteiger partial charge in [-0.3, -0.25) is 4.57 Å². The summed E-state index contributed by atoms with van der Waals surface area (Å²) in [6.07, 6.45) is -1.85. The van der Waals surface area contributed by atoms with Crippen molar-refractivity contribution in [3.8, 4) is 17.2 Å². The summed E-state index contributed by atoms with van der Waals surface area (Å²) < 4.78 is 271. The molecule has 6 aliphatic rings. The molecule has 0 saturated carbocycles. The molecule has 8 aromatic carbocycles. The number of pyridine rings is 1. The molecule has 9 heterocycles. The largest absolute Gasteiger partial charge is 0.332 e. The first-order valence-corrected chi connectivity index (χ1v) is 20.4. The highest BCUT2D eigenvalue weighted by Crippen LogP contribution is 2.52. The van der Waals surface area contributed by atoms with Gasteiger partial charge in [-0.25, -0.2) is 4.98 Å². The third-order valence-corrected chi connectivity index (χ3v) is 14.1. The third-order valence-electron chi connectivity index (χ3n) is 14.1. The van der Waals surface area contributed by atoms with E-state index in [4.69, 9.17) is 13.2 Å². The van der Waals surface area contributed by atoms with Gasteiger partial charge in [0, 0.05) is 67.0 Å². The first-order chi connectivity index (χ1) is 43.5. The van der Waals surface area contributed by atoms with Gasteiger partial charge in [0.25, 0.3) is 13.4 Å². The van der Waals surface area contributed by atoms with E-state index in [1.807, 2.05) is 0 Å². The van der Waals surface area contributed by atoms with Gasteiger partial charge in [0.2, 0.25) is 0 Å². The van der Waals surface area contributed by atoms with Crippen LogP contribution in [0.3, 0.4) is 0 Å². The number of hydrogen-bond donors (Lipinski definition) is 0. The molecule has 0 fully saturated rings. The highest BCUT2D eigenvalue weighted by atomic mass is 15.2.